The van der Waals surface area contributed by atoms with E-state index in [4.69, 9.17) is 0 Å². The fraction of sp³-hybridized carbons (Fsp3) is 1.00. The van der Waals surface area contributed by atoms with Gasteiger partial charge in [-0.3, -0.25) is 0 Å². The second kappa shape index (κ2) is 3.27. The van der Waals surface area contributed by atoms with Crippen LogP contribution in [0.2, 0.25) is 0 Å². The van der Waals surface area contributed by atoms with E-state index < -0.39 is 0 Å². The Balaban J connectivity index is 1.84. The Bertz CT molecular complexity index is 174. The minimum absolute atomic E-state index is 0.529. The molecule has 0 aromatic rings. The van der Waals surface area contributed by atoms with E-state index in [9.17, 15) is 0 Å². The highest BCUT2D eigenvalue weighted by Gasteiger charge is 2.39. The molecule has 2 rings (SSSR count). The minimum atomic E-state index is 0.529. The van der Waals surface area contributed by atoms with E-state index >= 15 is 0 Å². The molecule has 0 aromatic heterocycles. The molecule has 1 N–H and O–H groups in total. The van der Waals surface area contributed by atoms with Crippen LogP contribution in [0, 0.1) is 11.8 Å². The fourth-order valence-electron chi connectivity index (χ4n) is 2.89. The predicted octanol–water partition coefficient (Wildman–Crippen LogP) is 2.95. The summed E-state index contributed by atoms with van der Waals surface area (Å²) < 4.78 is 0. The van der Waals surface area contributed by atoms with Crippen LogP contribution < -0.4 is 5.32 Å². The highest BCUT2D eigenvalue weighted by atomic mass is 15.0. The number of hydrogen-bond acceptors (Lipinski definition) is 1. The summed E-state index contributed by atoms with van der Waals surface area (Å²) in [5.41, 5.74) is 0.529. The van der Waals surface area contributed by atoms with Crippen LogP contribution in [0.25, 0.3) is 0 Å². The van der Waals surface area contributed by atoms with E-state index in [1.807, 2.05) is 0 Å². The molecule has 2 aliphatic carbocycles. The first-order chi connectivity index (χ1) is 6.07. The lowest BCUT2D eigenvalue weighted by atomic mass is 9.80. The maximum absolute atomic E-state index is 3.83. The first kappa shape index (κ1) is 9.51. The maximum atomic E-state index is 3.83. The summed E-state index contributed by atoms with van der Waals surface area (Å²) in [7, 11) is 0. The highest BCUT2D eigenvalue weighted by molar-refractivity contribution is 5.00. The number of rotatable bonds is 2. The molecule has 0 heterocycles. The SMILES string of the molecule is CC1CC(C)CC(NC2(C)CC2)C1. The van der Waals surface area contributed by atoms with E-state index in [-0.39, 0.29) is 0 Å². The molecule has 0 aromatic carbocycles. The van der Waals surface area contributed by atoms with Crippen molar-refractivity contribution < 1.29 is 0 Å². The molecule has 2 atom stereocenters. The molecule has 0 bridgehead atoms. The molecule has 0 amide bonds. The van der Waals surface area contributed by atoms with Gasteiger partial charge >= 0.3 is 0 Å². The van der Waals surface area contributed by atoms with Crippen molar-refractivity contribution in [3.8, 4) is 0 Å². The Labute approximate surface area is 82.3 Å². The average molecular weight is 181 g/mol. The van der Waals surface area contributed by atoms with Gasteiger partial charge < -0.3 is 5.32 Å². The van der Waals surface area contributed by atoms with Gasteiger partial charge in [-0.05, 0) is 50.9 Å². The van der Waals surface area contributed by atoms with E-state index in [2.05, 4.69) is 26.1 Å². The van der Waals surface area contributed by atoms with Crippen LogP contribution in [0.4, 0.5) is 0 Å². The Morgan fingerprint density at radius 2 is 1.54 bits per heavy atom. The van der Waals surface area contributed by atoms with Crippen molar-refractivity contribution in [2.24, 2.45) is 11.8 Å². The summed E-state index contributed by atoms with van der Waals surface area (Å²) in [5, 5.41) is 3.83. The monoisotopic (exact) mass is 181 g/mol. The van der Waals surface area contributed by atoms with E-state index in [0.29, 0.717) is 5.54 Å². The molecule has 0 aliphatic heterocycles. The van der Waals surface area contributed by atoms with Crippen molar-refractivity contribution >= 4 is 0 Å². The van der Waals surface area contributed by atoms with E-state index in [1.165, 1.54) is 32.1 Å². The standard InChI is InChI=1S/C12H23N/c1-9-6-10(2)8-11(7-9)13-12(3)4-5-12/h9-11,13H,4-8H2,1-3H3. The third kappa shape index (κ3) is 2.46. The van der Waals surface area contributed by atoms with Gasteiger partial charge in [0.2, 0.25) is 0 Å². The molecule has 2 saturated carbocycles. The minimum Gasteiger partial charge on any atom is -0.309 e. The molecule has 1 heteroatoms. The summed E-state index contributed by atoms with van der Waals surface area (Å²) in [6, 6.07) is 0.811. The Morgan fingerprint density at radius 1 is 1.00 bits per heavy atom. The lowest BCUT2D eigenvalue weighted by Gasteiger charge is -2.34. The quantitative estimate of drug-likeness (QED) is 0.690. The van der Waals surface area contributed by atoms with Crippen molar-refractivity contribution in [2.45, 2.75) is 64.5 Å². The molecule has 2 fully saturated rings. The second-order valence-electron chi connectivity index (χ2n) is 5.82. The zero-order chi connectivity index (χ0) is 9.47. The molecule has 13 heavy (non-hydrogen) atoms. The van der Waals surface area contributed by atoms with Crippen molar-refractivity contribution in [1.82, 2.24) is 5.32 Å². The Kier molecular flexibility index (Phi) is 2.39. The third-order valence-electron chi connectivity index (χ3n) is 3.73. The van der Waals surface area contributed by atoms with Gasteiger partial charge in [0.15, 0.2) is 0 Å². The van der Waals surface area contributed by atoms with Crippen LogP contribution in [-0.2, 0) is 0 Å². The first-order valence-corrected chi connectivity index (χ1v) is 5.85. The summed E-state index contributed by atoms with van der Waals surface area (Å²) in [5.74, 6) is 1.87. The zero-order valence-corrected chi connectivity index (χ0v) is 9.27. The molecule has 1 nitrogen and oxygen atoms in total. The normalized spacial score (nSPS) is 43.2. The summed E-state index contributed by atoms with van der Waals surface area (Å²) >= 11 is 0. The molecule has 2 unspecified atom stereocenters. The molecule has 0 radical (unpaired) electrons. The van der Waals surface area contributed by atoms with Crippen LogP contribution in [-0.4, -0.2) is 11.6 Å². The lowest BCUT2D eigenvalue weighted by molar-refractivity contribution is 0.224. The molecule has 0 spiro atoms. The van der Waals surface area contributed by atoms with Crippen LogP contribution in [0.15, 0.2) is 0 Å². The van der Waals surface area contributed by atoms with Gasteiger partial charge in [0.05, 0.1) is 0 Å². The van der Waals surface area contributed by atoms with Gasteiger partial charge in [-0.15, -0.1) is 0 Å². The molecule has 76 valence electrons. The van der Waals surface area contributed by atoms with Crippen molar-refractivity contribution in [1.29, 1.82) is 0 Å². The van der Waals surface area contributed by atoms with Crippen LogP contribution in [0.5, 0.6) is 0 Å². The van der Waals surface area contributed by atoms with Gasteiger partial charge in [-0.1, -0.05) is 13.8 Å². The summed E-state index contributed by atoms with van der Waals surface area (Å²) in [6.07, 6.45) is 7.03. The fourth-order valence-corrected chi connectivity index (χ4v) is 2.89. The number of hydrogen-bond donors (Lipinski definition) is 1. The van der Waals surface area contributed by atoms with Crippen LogP contribution in [0.1, 0.15) is 52.9 Å². The highest BCUT2D eigenvalue weighted by Crippen LogP contribution is 2.38. The summed E-state index contributed by atoms with van der Waals surface area (Å²) in [4.78, 5) is 0. The van der Waals surface area contributed by atoms with Crippen molar-refractivity contribution in [3.63, 3.8) is 0 Å². The summed E-state index contributed by atoms with van der Waals surface area (Å²) in [6.45, 7) is 7.18. The second-order valence-corrected chi connectivity index (χ2v) is 5.82. The molecule has 0 saturated heterocycles. The Hall–Kier alpha value is -0.0400. The van der Waals surface area contributed by atoms with Crippen LogP contribution in [0.3, 0.4) is 0 Å². The zero-order valence-electron chi connectivity index (χ0n) is 9.27. The molecule has 2 aliphatic rings. The smallest absolute Gasteiger partial charge is 0.0157 e. The average Bonchev–Trinajstić information content (AvgIpc) is 2.64. The van der Waals surface area contributed by atoms with Gasteiger partial charge in [0.1, 0.15) is 0 Å². The predicted molar refractivity (Wildman–Crippen MR) is 56.7 cm³/mol. The molecular weight excluding hydrogens is 158 g/mol. The van der Waals surface area contributed by atoms with Gasteiger partial charge in [0, 0.05) is 11.6 Å². The van der Waals surface area contributed by atoms with Crippen LogP contribution >= 0.6 is 0 Å². The van der Waals surface area contributed by atoms with Gasteiger partial charge in [-0.25, -0.2) is 0 Å². The largest absolute Gasteiger partial charge is 0.309 e. The van der Waals surface area contributed by atoms with Crippen molar-refractivity contribution in [3.05, 3.63) is 0 Å². The van der Waals surface area contributed by atoms with Crippen molar-refractivity contribution in [2.75, 3.05) is 0 Å². The van der Waals surface area contributed by atoms with E-state index in [0.717, 1.165) is 17.9 Å². The van der Waals surface area contributed by atoms with Gasteiger partial charge in [0.25, 0.3) is 0 Å². The Morgan fingerprint density at radius 3 is 2.00 bits per heavy atom. The van der Waals surface area contributed by atoms with Gasteiger partial charge in [-0.2, -0.15) is 0 Å². The third-order valence-corrected chi connectivity index (χ3v) is 3.73. The molecular formula is C12H23N. The topological polar surface area (TPSA) is 12.0 Å². The number of nitrogens with one attached hydrogen (secondary N) is 1. The first-order valence-electron chi connectivity index (χ1n) is 5.85. The lowest BCUT2D eigenvalue weighted by Crippen LogP contribution is -2.42. The van der Waals surface area contributed by atoms with E-state index in [1.54, 1.807) is 0 Å². The maximum Gasteiger partial charge on any atom is 0.0157 e.